The van der Waals surface area contributed by atoms with Crippen LogP contribution >= 0.6 is 11.6 Å². The second kappa shape index (κ2) is 6.62. The van der Waals surface area contributed by atoms with E-state index in [0.29, 0.717) is 12.1 Å². The van der Waals surface area contributed by atoms with Gasteiger partial charge in [-0.3, -0.25) is 4.79 Å². The van der Waals surface area contributed by atoms with Crippen LogP contribution in [0.3, 0.4) is 0 Å². The van der Waals surface area contributed by atoms with E-state index in [4.69, 9.17) is 16.3 Å². The summed E-state index contributed by atoms with van der Waals surface area (Å²) < 4.78 is 5.14. The average molecular weight is 328 g/mol. The first kappa shape index (κ1) is 15.2. The largest absolute Gasteiger partial charge is 0.497 e. The topological polar surface area (TPSA) is 57.0 Å². The van der Waals surface area contributed by atoms with E-state index in [2.05, 4.69) is 10.2 Å². The molecule has 0 N–H and O–H groups in total. The molecule has 2 aromatic carbocycles. The Balaban J connectivity index is 1.94. The molecule has 5 nitrogen and oxygen atoms in total. The number of benzene rings is 2. The third-order valence-corrected chi connectivity index (χ3v) is 3.57. The van der Waals surface area contributed by atoms with Crippen molar-refractivity contribution in [3.05, 3.63) is 71.5 Å². The summed E-state index contributed by atoms with van der Waals surface area (Å²) in [5.74, 6) is 0.773. The van der Waals surface area contributed by atoms with Gasteiger partial charge in [0.25, 0.3) is 5.24 Å². The molecule has 6 heteroatoms. The van der Waals surface area contributed by atoms with Crippen LogP contribution in [-0.2, 0) is 6.42 Å². The van der Waals surface area contributed by atoms with Gasteiger partial charge in [0.1, 0.15) is 5.75 Å². The van der Waals surface area contributed by atoms with Gasteiger partial charge in [0, 0.05) is 6.42 Å². The van der Waals surface area contributed by atoms with Crippen LogP contribution in [-0.4, -0.2) is 27.3 Å². The minimum absolute atomic E-state index is 0.173. The van der Waals surface area contributed by atoms with Crippen LogP contribution in [0.25, 0.3) is 5.69 Å². The number of hydrogen-bond acceptors (Lipinski definition) is 4. The highest BCUT2D eigenvalue weighted by molar-refractivity contribution is 6.67. The third kappa shape index (κ3) is 3.40. The zero-order valence-electron chi connectivity index (χ0n) is 12.4. The van der Waals surface area contributed by atoms with E-state index in [1.165, 1.54) is 4.80 Å². The SMILES string of the molecule is COc1ccc(Cc2nn(-c3ccccc3)nc2C(=O)Cl)cc1. The molecule has 0 unspecified atom stereocenters. The standard InChI is InChI=1S/C17H14ClN3O2/c1-23-14-9-7-12(8-10-14)11-15-16(17(18)22)20-21(19-15)13-5-3-2-4-6-13/h2-10H,11H2,1H3. The van der Waals surface area contributed by atoms with E-state index in [9.17, 15) is 4.79 Å². The maximum Gasteiger partial charge on any atom is 0.274 e. The van der Waals surface area contributed by atoms with Crippen LogP contribution in [0.15, 0.2) is 54.6 Å². The zero-order valence-corrected chi connectivity index (χ0v) is 13.2. The summed E-state index contributed by atoms with van der Waals surface area (Å²) in [6.07, 6.45) is 0.463. The number of rotatable bonds is 5. The maximum atomic E-state index is 11.6. The van der Waals surface area contributed by atoms with Gasteiger partial charge < -0.3 is 4.74 Å². The summed E-state index contributed by atoms with van der Waals surface area (Å²) in [5, 5.41) is 8.00. The molecule has 0 radical (unpaired) electrons. The lowest BCUT2D eigenvalue weighted by molar-refractivity contribution is 0.107. The van der Waals surface area contributed by atoms with Gasteiger partial charge in [-0.15, -0.1) is 5.10 Å². The van der Waals surface area contributed by atoms with Gasteiger partial charge in [0.2, 0.25) is 0 Å². The quantitative estimate of drug-likeness (QED) is 0.675. The zero-order chi connectivity index (χ0) is 16.2. The Labute approximate surface area is 138 Å². The van der Waals surface area contributed by atoms with Gasteiger partial charge in [0.05, 0.1) is 18.5 Å². The van der Waals surface area contributed by atoms with Crippen molar-refractivity contribution in [2.45, 2.75) is 6.42 Å². The summed E-state index contributed by atoms with van der Waals surface area (Å²) in [6, 6.07) is 16.9. The minimum Gasteiger partial charge on any atom is -0.497 e. The van der Waals surface area contributed by atoms with Gasteiger partial charge >= 0.3 is 0 Å². The third-order valence-electron chi connectivity index (χ3n) is 3.39. The molecule has 116 valence electrons. The molecule has 23 heavy (non-hydrogen) atoms. The molecule has 0 fully saturated rings. The molecule has 0 aliphatic carbocycles. The second-order valence-electron chi connectivity index (χ2n) is 4.92. The molecule has 0 amide bonds. The molecule has 3 aromatic rings. The number of carbonyl (C=O) groups excluding carboxylic acids is 1. The van der Waals surface area contributed by atoms with E-state index >= 15 is 0 Å². The van der Waals surface area contributed by atoms with Crippen molar-refractivity contribution >= 4 is 16.8 Å². The van der Waals surface area contributed by atoms with Gasteiger partial charge in [-0.2, -0.15) is 9.90 Å². The first-order valence-electron chi connectivity index (χ1n) is 7.02. The number of hydrogen-bond donors (Lipinski definition) is 0. The van der Waals surface area contributed by atoms with Crippen LogP contribution in [0.2, 0.25) is 0 Å². The lowest BCUT2D eigenvalue weighted by Gasteiger charge is -2.02. The molecule has 0 spiro atoms. The number of aromatic nitrogens is 3. The molecule has 0 saturated carbocycles. The van der Waals surface area contributed by atoms with Gasteiger partial charge in [-0.05, 0) is 41.4 Å². The smallest absolute Gasteiger partial charge is 0.274 e. The summed E-state index contributed by atoms with van der Waals surface area (Å²) in [4.78, 5) is 13.1. The Morgan fingerprint density at radius 3 is 2.39 bits per heavy atom. The molecular weight excluding hydrogens is 314 g/mol. The van der Waals surface area contributed by atoms with Crippen LogP contribution in [0.4, 0.5) is 0 Å². The van der Waals surface area contributed by atoms with Crippen molar-refractivity contribution in [3.63, 3.8) is 0 Å². The van der Waals surface area contributed by atoms with E-state index in [1.54, 1.807) is 7.11 Å². The lowest BCUT2D eigenvalue weighted by Crippen LogP contribution is -1.99. The van der Waals surface area contributed by atoms with Gasteiger partial charge in [-0.1, -0.05) is 30.3 Å². The Morgan fingerprint density at radius 2 is 1.78 bits per heavy atom. The number of nitrogens with zero attached hydrogens (tertiary/aromatic N) is 3. The Bertz CT molecular complexity index is 814. The van der Waals surface area contributed by atoms with Crippen LogP contribution in [0, 0.1) is 0 Å². The molecule has 1 aromatic heterocycles. The van der Waals surface area contributed by atoms with Gasteiger partial charge in [0.15, 0.2) is 5.69 Å². The van der Waals surface area contributed by atoms with Crippen molar-refractivity contribution in [2.75, 3.05) is 7.11 Å². The molecule has 0 aliphatic heterocycles. The van der Waals surface area contributed by atoms with Crippen molar-refractivity contribution in [1.29, 1.82) is 0 Å². The monoisotopic (exact) mass is 327 g/mol. The second-order valence-corrected chi connectivity index (χ2v) is 5.26. The van der Waals surface area contributed by atoms with Gasteiger partial charge in [-0.25, -0.2) is 0 Å². The fourth-order valence-corrected chi connectivity index (χ4v) is 2.37. The van der Waals surface area contributed by atoms with E-state index in [1.807, 2.05) is 54.6 Å². The van der Waals surface area contributed by atoms with E-state index in [0.717, 1.165) is 17.0 Å². The fourth-order valence-electron chi connectivity index (χ4n) is 2.22. The van der Waals surface area contributed by atoms with Crippen molar-refractivity contribution in [1.82, 2.24) is 15.0 Å². The van der Waals surface area contributed by atoms with Crippen LogP contribution in [0.5, 0.6) is 5.75 Å². The summed E-state index contributed by atoms with van der Waals surface area (Å²) in [6.45, 7) is 0. The molecule has 0 saturated heterocycles. The normalized spacial score (nSPS) is 10.5. The molecule has 0 aliphatic rings. The van der Waals surface area contributed by atoms with Crippen molar-refractivity contribution in [3.8, 4) is 11.4 Å². The number of methoxy groups -OCH3 is 1. The van der Waals surface area contributed by atoms with E-state index < -0.39 is 5.24 Å². The molecule has 0 bridgehead atoms. The molecular formula is C17H14ClN3O2. The predicted molar refractivity (Wildman–Crippen MR) is 87.3 cm³/mol. The minimum atomic E-state index is -0.615. The first-order valence-corrected chi connectivity index (χ1v) is 7.39. The molecule has 1 heterocycles. The Morgan fingerprint density at radius 1 is 1.09 bits per heavy atom. The summed E-state index contributed by atoms with van der Waals surface area (Å²) in [5.41, 5.74) is 2.48. The van der Waals surface area contributed by atoms with Crippen molar-refractivity contribution in [2.24, 2.45) is 0 Å². The number of ether oxygens (including phenoxy) is 1. The Hall–Kier alpha value is -2.66. The lowest BCUT2D eigenvalue weighted by atomic mass is 10.1. The highest BCUT2D eigenvalue weighted by atomic mass is 35.5. The highest BCUT2D eigenvalue weighted by Crippen LogP contribution is 2.17. The highest BCUT2D eigenvalue weighted by Gasteiger charge is 2.18. The first-order chi connectivity index (χ1) is 11.2. The number of para-hydroxylation sites is 1. The number of halogens is 1. The Kier molecular flexibility index (Phi) is 4.39. The van der Waals surface area contributed by atoms with Crippen LogP contribution < -0.4 is 4.74 Å². The summed E-state index contributed by atoms with van der Waals surface area (Å²) in [7, 11) is 1.62. The predicted octanol–water partition coefficient (Wildman–Crippen LogP) is 3.25. The molecule has 3 rings (SSSR count). The van der Waals surface area contributed by atoms with Crippen LogP contribution in [0.1, 0.15) is 21.7 Å². The average Bonchev–Trinajstić information content (AvgIpc) is 3.00. The van der Waals surface area contributed by atoms with Crippen molar-refractivity contribution < 1.29 is 9.53 Å². The van der Waals surface area contributed by atoms with E-state index in [-0.39, 0.29) is 5.69 Å². The number of carbonyl (C=O) groups is 1. The summed E-state index contributed by atoms with van der Waals surface area (Å²) >= 11 is 5.65. The molecule has 0 atom stereocenters. The maximum absolute atomic E-state index is 11.6. The fraction of sp³-hybridized carbons (Fsp3) is 0.118.